The molecule has 1 fully saturated rings. The maximum Gasteiger partial charge on any atom is 0.314 e. The van der Waals surface area contributed by atoms with E-state index >= 15 is 0 Å². The molecule has 0 aromatic heterocycles. The zero-order valence-corrected chi connectivity index (χ0v) is 8.50. The lowest BCUT2D eigenvalue weighted by Gasteiger charge is -2.13. The van der Waals surface area contributed by atoms with E-state index in [0.717, 1.165) is 25.7 Å². The molecular formula is C11H18O3. The fourth-order valence-corrected chi connectivity index (χ4v) is 1.95. The van der Waals surface area contributed by atoms with Crippen molar-refractivity contribution in [3.05, 3.63) is 0 Å². The largest absolute Gasteiger partial charge is 0.481 e. The van der Waals surface area contributed by atoms with Gasteiger partial charge in [-0.15, -0.1) is 0 Å². The number of rotatable bonds is 1. The SMILES string of the molecule is O=C(O)C1CCCCCCCCC1=O. The molecule has 0 radical (unpaired) electrons. The molecule has 0 bridgehead atoms. The van der Waals surface area contributed by atoms with Gasteiger partial charge in [0.05, 0.1) is 0 Å². The first-order valence-electron chi connectivity index (χ1n) is 5.47. The molecule has 1 saturated carbocycles. The molecule has 1 unspecified atom stereocenters. The summed E-state index contributed by atoms with van der Waals surface area (Å²) in [7, 11) is 0. The van der Waals surface area contributed by atoms with Gasteiger partial charge in [0, 0.05) is 6.42 Å². The van der Waals surface area contributed by atoms with Crippen LogP contribution in [-0.2, 0) is 9.59 Å². The van der Waals surface area contributed by atoms with Gasteiger partial charge in [0.1, 0.15) is 11.7 Å². The molecule has 1 aliphatic rings. The summed E-state index contributed by atoms with van der Waals surface area (Å²) >= 11 is 0. The predicted octanol–water partition coefficient (Wildman–Crippen LogP) is 2.39. The van der Waals surface area contributed by atoms with Crippen LogP contribution in [0.5, 0.6) is 0 Å². The van der Waals surface area contributed by atoms with Crippen molar-refractivity contribution < 1.29 is 14.7 Å². The van der Waals surface area contributed by atoms with Gasteiger partial charge in [-0.25, -0.2) is 0 Å². The van der Waals surface area contributed by atoms with Crippen molar-refractivity contribution in [1.82, 2.24) is 0 Å². The Hall–Kier alpha value is -0.860. The molecule has 3 heteroatoms. The lowest BCUT2D eigenvalue weighted by atomic mass is 9.91. The molecule has 0 aromatic carbocycles. The van der Waals surface area contributed by atoms with E-state index in [-0.39, 0.29) is 5.78 Å². The number of ketones is 1. The van der Waals surface area contributed by atoms with Gasteiger partial charge in [-0.05, 0) is 12.8 Å². The highest BCUT2D eigenvalue weighted by atomic mass is 16.4. The molecule has 3 nitrogen and oxygen atoms in total. The minimum Gasteiger partial charge on any atom is -0.481 e. The fourth-order valence-electron chi connectivity index (χ4n) is 1.95. The van der Waals surface area contributed by atoms with Crippen LogP contribution in [-0.4, -0.2) is 16.9 Å². The lowest BCUT2D eigenvalue weighted by molar-refractivity contribution is -0.146. The molecule has 1 rings (SSSR count). The molecule has 1 atom stereocenters. The fraction of sp³-hybridized carbons (Fsp3) is 0.818. The van der Waals surface area contributed by atoms with Crippen molar-refractivity contribution in [3.63, 3.8) is 0 Å². The topological polar surface area (TPSA) is 54.4 Å². The van der Waals surface area contributed by atoms with Crippen LogP contribution < -0.4 is 0 Å². The van der Waals surface area contributed by atoms with Crippen molar-refractivity contribution in [2.45, 2.75) is 51.4 Å². The van der Waals surface area contributed by atoms with Crippen LogP contribution >= 0.6 is 0 Å². The third-order valence-corrected chi connectivity index (χ3v) is 2.85. The molecule has 80 valence electrons. The highest BCUT2D eigenvalue weighted by molar-refractivity contribution is 5.98. The van der Waals surface area contributed by atoms with Crippen molar-refractivity contribution in [3.8, 4) is 0 Å². The number of Topliss-reactive ketones (excluding diaryl/α,β-unsaturated/α-hetero) is 1. The normalized spacial score (nSPS) is 25.7. The number of carbonyl (C=O) groups is 2. The molecular weight excluding hydrogens is 180 g/mol. The Morgan fingerprint density at radius 2 is 1.64 bits per heavy atom. The number of hydrogen-bond acceptors (Lipinski definition) is 2. The Morgan fingerprint density at radius 3 is 2.29 bits per heavy atom. The minimum atomic E-state index is -0.935. The lowest BCUT2D eigenvalue weighted by Crippen LogP contribution is -2.24. The highest BCUT2D eigenvalue weighted by Gasteiger charge is 2.25. The van der Waals surface area contributed by atoms with E-state index in [0.29, 0.717) is 12.8 Å². The summed E-state index contributed by atoms with van der Waals surface area (Å²) in [5, 5.41) is 8.87. The Bertz CT molecular complexity index is 211. The number of aliphatic carboxylic acids is 1. The van der Waals surface area contributed by atoms with Crippen LogP contribution in [0.2, 0.25) is 0 Å². The summed E-state index contributed by atoms with van der Waals surface area (Å²) in [6.45, 7) is 0. The van der Waals surface area contributed by atoms with E-state index in [2.05, 4.69) is 0 Å². The zero-order chi connectivity index (χ0) is 10.4. The van der Waals surface area contributed by atoms with Crippen molar-refractivity contribution >= 4 is 11.8 Å². The Balaban J connectivity index is 2.51. The van der Waals surface area contributed by atoms with Crippen LogP contribution in [0.25, 0.3) is 0 Å². The second-order valence-corrected chi connectivity index (χ2v) is 4.02. The van der Waals surface area contributed by atoms with E-state index < -0.39 is 11.9 Å². The van der Waals surface area contributed by atoms with Crippen LogP contribution in [0, 0.1) is 5.92 Å². The maximum atomic E-state index is 11.5. The maximum absolute atomic E-state index is 11.5. The summed E-state index contributed by atoms with van der Waals surface area (Å²) in [5.41, 5.74) is 0. The first-order chi connectivity index (χ1) is 6.72. The van der Waals surface area contributed by atoms with Crippen LogP contribution in [0.15, 0.2) is 0 Å². The van der Waals surface area contributed by atoms with E-state index in [1.54, 1.807) is 0 Å². The van der Waals surface area contributed by atoms with Gasteiger partial charge < -0.3 is 5.11 Å². The zero-order valence-electron chi connectivity index (χ0n) is 8.50. The summed E-state index contributed by atoms with van der Waals surface area (Å²) in [5.74, 6) is -1.73. The third kappa shape index (κ3) is 3.48. The van der Waals surface area contributed by atoms with Gasteiger partial charge in [0.2, 0.25) is 0 Å². The van der Waals surface area contributed by atoms with E-state index in [1.807, 2.05) is 0 Å². The van der Waals surface area contributed by atoms with Gasteiger partial charge in [0.15, 0.2) is 0 Å². The van der Waals surface area contributed by atoms with Crippen molar-refractivity contribution in [2.24, 2.45) is 5.92 Å². The Labute approximate surface area is 84.5 Å². The first-order valence-corrected chi connectivity index (χ1v) is 5.47. The summed E-state index contributed by atoms with van der Waals surface area (Å²) in [6, 6.07) is 0. The molecule has 0 aliphatic heterocycles. The summed E-state index contributed by atoms with van der Waals surface area (Å²) < 4.78 is 0. The number of carboxylic acid groups (broad SMARTS) is 1. The summed E-state index contributed by atoms with van der Waals surface area (Å²) in [4.78, 5) is 22.3. The number of carbonyl (C=O) groups excluding carboxylic acids is 1. The van der Waals surface area contributed by atoms with Gasteiger partial charge in [-0.1, -0.05) is 32.1 Å². The first kappa shape index (κ1) is 11.2. The third-order valence-electron chi connectivity index (χ3n) is 2.85. The van der Waals surface area contributed by atoms with Crippen molar-refractivity contribution in [1.29, 1.82) is 0 Å². The van der Waals surface area contributed by atoms with Gasteiger partial charge in [-0.2, -0.15) is 0 Å². The molecule has 0 saturated heterocycles. The van der Waals surface area contributed by atoms with Gasteiger partial charge in [0.25, 0.3) is 0 Å². The second-order valence-electron chi connectivity index (χ2n) is 4.02. The van der Waals surface area contributed by atoms with Crippen LogP contribution in [0.3, 0.4) is 0 Å². The van der Waals surface area contributed by atoms with E-state index in [9.17, 15) is 9.59 Å². The minimum absolute atomic E-state index is 0.0700. The molecule has 14 heavy (non-hydrogen) atoms. The Morgan fingerprint density at radius 1 is 1.07 bits per heavy atom. The van der Waals surface area contributed by atoms with E-state index in [1.165, 1.54) is 12.8 Å². The molecule has 0 spiro atoms. The molecule has 1 aliphatic carbocycles. The van der Waals surface area contributed by atoms with Crippen molar-refractivity contribution in [2.75, 3.05) is 0 Å². The van der Waals surface area contributed by atoms with Gasteiger partial charge in [-0.3, -0.25) is 9.59 Å². The number of carboxylic acids is 1. The molecule has 0 amide bonds. The molecule has 0 aromatic rings. The second kappa shape index (κ2) is 5.78. The Kier molecular flexibility index (Phi) is 4.63. The van der Waals surface area contributed by atoms with Gasteiger partial charge >= 0.3 is 5.97 Å². The standard InChI is InChI=1S/C11H18O3/c12-10-8-6-4-2-1-3-5-7-9(10)11(13)14/h9H,1-8H2,(H,13,14). The average molecular weight is 198 g/mol. The predicted molar refractivity (Wildman–Crippen MR) is 53.1 cm³/mol. The van der Waals surface area contributed by atoms with E-state index in [4.69, 9.17) is 5.11 Å². The molecule has 0 heterocycles. The highest BCUT2D eigenvalue weighted by Crippen LogP contribution is 2.19. The molecule has 1 N–H and O–H groups in total. The monoisotopic (exact) mass is 198 g/mol. The quantitative estimate of drug-likeness (QED) is 0.658. The average Bonchev–Trinajstić information content (AvgIpc) is 2.15. The smallest absolute Gasteiger partial charge is 0.314 e. The summed E-state index contributed by atoms with van der Waals surface area (Å²) in [6.07, 6.45) is 7.23. The van der Waals surface area contributed by atoms with Crippen LogP contribution in [0.1, 0.15) is 51.4 Å². The van der Waals surface area contributed by atoms with Crippen LogP contribution in [0.4, 0.5) is 0 Å². The number of hydrogen-bond donors (Lipinski definition) is 1.